The van der Waals surface area contributed by atoms with Crippen molar-refractivity contribution in [2.24, 2.45) is 5.10 Å². The van der Waals surface area contributed by atoms with Gasteiger partial charge in [0.15, 0.2) is 5.82 Å². The van der Waals surface area contributed by atoms with Crippen molar-refractivity contribution in [1.82, 2.24) is 14.9 Å². The summed E-state index contributed by atoms with van der Waals surface area (Å²) in [5.41, 5.74) is 2.15. The van der Waals surface area contributed by atoms with Crippen molar-refractivity contribution in [2.45, 2.75) is 25.1 Å². The van der Waals surface area contributed by atoms with Crippen molar-refractivity contribution in [3.8, 4) is 5.75 Å². The van der Waals surface area contributed by atoms with Gasteiger partial charge in [0.25, 0.3) is 0 Å². The first-order valence-electron chi connectivity index (χ1n) is 8.09. The number of aromatic nitrogens is 3. The average molecular weight is 352 g/mol. The van der Waals surface area contributed by atoms with Gasteiger partial charge in [-0.25, -0.2) is 0 Å². The zero-order valence-corrected chi connectivity index (χ0v) is 15.1. The number of ether oxygens (including phenoxy) is 1. The van der Waals surface area contributed by atoms with Crippen molar-refractivity contribution >= 4 is 18.0 Å². The highest BCUT2D eigenvalue weighted by Gasteiger charge is 2.08. The maximum Gasteiger partial charge on any atom is 0.211 e. The molecule has 5 nitrogen and oxygen atoms in total. The van der Waals surface area contributed by atoms with Crippen LogP contribution in [0.4, 0.5) is 0 Å². The van der Waals surface area contributed by atoms with E-state index in [1.807, 2.05) is 61.9 Å². The molecular formula is C19H20N4OS. The van der Waals surface area contributed by atoms with Gasteiger partial charge in [0.05, 0.1) is 6.21 Å². The highest BCUT2D eigenvalue weighted by atomic mass is 32.2. The SMILES string of the molecule is CCc1nnc(SC)n1/N=C\c1ccc(OCc2ccccc2)cc1. The van der Waals surface area contributed by atoms with Crippen molar-refractivity contribution in [1.29, 1.82) is 0 Å². The molecule has 0 N–H and O–H groups in total. The van der Waals surface area contributed by atoms with E-state index in [9.17, 15) is 0 Å². The molecule has 0 unspecified atom stereocenters. The van der Waals surface area contributed by atoms with Crippen LogP contribution in [0.3, 0.4) is 0 Å². The van der Waals surface area contributed by atoms with E-state index in [-0.39, 0.29) is 0 Å². The van der Waals surface area contributed by atoms with Crippen LogP contribution < -0.4 is 4.74 Å². The summed E-state index contributed by atoms with van der Waals surface area (Å²) in [7, 11) is 0. The minimum atomic E-state index is 0.561. The van der Waals surface area contributed by atoms with E-state index in [0.29, 0.717) is 6.61 Å². The van der Waals surface area contributed by atoms with E-state index in [1.165, 1.54) is 11.8 Å². The molecule has 0 saturated carbocycles. The molecule has 0 saturated heterocycles. The van der Waals surface area contributed by atoms with E-state index < -0.39 is 0 Å². The smallest absolute Gasteiger partial charge is 0.211 e. The number of benzene rings is 2. The van der Waals surface area contributed by atoms with E-state index in [1.54, 1.807) is 4.68 Å². The van der Waals surface area contributed by atoms with E-state index >= 15 is 0 Å². The number of thioether (sulfide) groups is 1. The molecule has 25 heavy (non-hydrogen) atoms. The second-order valence-electron chi connectivity index (χ2n) is 5.36. The number of aryl methyl sites for hydroxylation is 1. The Hall–Kier alpha value is -2.60. The number of rotatable bonds is 7. The van der Waals surface area contributed by atoms with Gasteiger partial charge in [-0.3, -0.25) is 0 Å². The summed E-state index contributed by atoms with van der Waals surface area (Å²) in [5.74, 6) is 1.69. The van der Waals surface area contributed by atoms with Crippen LogP contribution in [0.25, 0.3) is 0 Å². The van der Waals surface area contributed by atoms with Gasteiger partial charge in [0.1, 0.15) is 12.4 Å². The predicted molar refractivity (Wildman–Crippen MR) is 101 cm³/mol. The Bertz CT molecular complexity index is 807. The van der Waals surface area contributed by atoms with Crippen molar-refractivity contribution in [3.63, 3.8) is 0 Å². The Morgan fingerprint density at radius 1 is 1.08 bits per heavy atom. The lowest BCUT2D eigenvalue weighted by Gasteiger charge is -2.06. The summed E-state index contributed by atoms with van der Waals surface area (Å²) in [6, 6.07) is 18.0. The first kappa shape index (κ1) is 17.2. The fourth-order valence-corrected chi connectivity index (χ4v) is 2.72. The van der Waals surface area contributed by atoms with Gasteiger partial charge in [-0.1, -0.05) is 49.0 Å². The molecule has 0 aliphatic heterocycles. The topological polar surface area (TPSA) is 52.3 Å². The third-order valence-electron chi connectivity index (χ3n) is 3.63. The Morgan fingerprint density at radius 2 is 1.84 bits per heavy atom. The molecule has 6 heteroatoms. The molecule has 3 rings (SSSR count). The lowest BCUT2D eigenvalue weighted by atomic mass is 10.2. The van der Waals surface area contributed by atoms with Crippen molar-refractivity contribution < 1.29 is 4.74 Å². The van der Waals surface area contributed by atoms with E-state index in [0.717, 1.165) is 34.3 Å². The minimum absolute atomic E-state index is 0.561. The van der Waals surface area contributed by atoms with Gasteiger partial charge < -0.3 is 4.74 Å². The second-order valence-corrected chi connectivity index (χ2v) is 6.13. The van der Waals surface area contributed by atoms with Crippen LogP contribution in [0, 0.1) is 0 Å². The third kappa shape index (κ3) is 4.48. The Labute approximate surface area is 151 Å². The molecule has 0 radical (unpaired) electrons. The molecule has 0 aliphatic rings. The lowest BCUT2D eigenvalue weighted by Crippen LogP contribution is -1.99. The quantitative estimate of drug-likeness (QED) is 0.476. The van der Waals surface area contributed by atoms with Crippen LogP contribution in [0.1, 0.15) is 23.9 Å². The molecule has 2 aromatic carbocycles. The van der Waals surface area contributed by atoms with Crippen LogP contribution in [0.15, 0.2) is 64.9 Å². The van der Waals surface area contributed by atoms with Crippen LogP contribution in [-0.2, 0) is 13.0 Å². The standard InChI is InChI=1S/C19H20N4OS/c1-3-18-21-22-19(25-2)23(18)20-13-15-9-11-17(12-10-15)24-14-16-7-5-4-6-8-16/h4-13H,3,14H2,1-2H3/b20-13-. The minimum Gasteiger partial charge on any atom is -0.489 e. The molecule has 0 atom stereocenters. The summed E-state index contributed by atoms with van der Waals surface area (Å²) in [6.45, 7) is 2.60. The molecule has 3 aromatic rings. The molecule has 0 amide bonds. The van der Waals surface area contributed by atoms with Crippen LogP contribution in [0.5, 0.6) is 5.75 Å². The predicted octanol–water partition coefficient (Wildman–Crippen LogP) is 4.02. The molecule has 0 fully saturated rings. The Kier molecular flexibility index (Phi) is 5.85. The summed E-state index contributed by atoms with van der Waals surface area (Å²) < 4.78 is 7.58. The number of hydrogen-bond donors (Lipinski definition) is 0. The molecule has 0 bridgehead atoms. The van der Waals surface area contributed by atoms with Gasteiger partial charge in [-0.05, 0) is 41.6 Å². The molecule has 1 heterocycles. The summed E-state index contributed by atoms with van der Waals surface area (Å²) in [6.07, 6.45) is 4.56. The average Bonchev–Trinajstić information content (AvgIpc) is 3.08. The Balaban J connectivity index is 1.65. The first-order valence-corrected chi connectivity index (χ1v) is 9.32. The largest absolute Gasteiger partial charge is 0.489 e. The highest BCUT2D eigenvalue weighted by molar-refractivity contribution is 7.98. The van der Waals surface area contributed by atoms with E-state index in [4.69, 9.17) is 4.74 Å². The Morgan fingerprint density at radius 3 is 2.52 bits per heavy atom. The normalized spacial score (nSPS) is 11.1. The van der Waals surface area contributed by atoms with Crippen LogP contribution in [0.2, 0.25) is 0 Å². The summed E-state index contributed by atoms with van der Waals surface area (Å²) >= 11 is 1.53. The molecule has 0 spiro atoms. The zero-order chi connectivity index (χ0) is 17.5. The van der Waals surface area contributed by atoms with Crippen molar-refractivity contribution in [3.05, 3.63) is 71.5 Å². The van der Waals surface area contributed by atoms with Gasteiger partial charge in [-0.2, -0.15) is 9.78 Å². The summed E-state index contributed by atoms with van der Waals surface area (Å²) in [4.78, 5) is 0. The highest BCUT2D eigenvalue weighted by Crippen LogP contribution is 2.15. The summed E-state index contributed by atoms with van der Waals surface area (Å²) in [5, 5.41) is 13.6. The fourth-order valence-electron chi connectivity index (χ4n) is 2.27. The molecule has 1 aromatic heterocycles. The molecular weight excluding hydrogens is 332 g/mol. The fraction of sp³-hybridized carbons (Fsp3) is 0.211. The first-order chi connectivity index (χ1) is 12.3. The molecule has 0 aliphatic carbocycles. The maximum absolute atomic E-state index is 5.80. The maximum atomic E-state index is 5.80. The van der Waals surface area contributed by atoms with Crippen molar-refractivity contribution in [2.75, 3.05) is 6.26 Å². The lowest BCUT2D eigenvalue weighted by molar-refractivity contribution is 0.306. The molecule has 128 valence electrons. The third-order valence-corrected chi connectivity index (χ3v) is 4.25. The van der Waals surface area contributed by atoms with Crippen LogP contribution in [-0.4, -0.2) is 27.3 Å². The van der Waals surface area contributed by atoms with Gasteiger partial charge >= 0.3 is 0 Å². The number of nitrogens with zero attached hydrogens (tertiary/aromatic N) is 4. The zero-order valence-electron chi connectivity index (χ0n) is 14.3. The van der Waals surface area contributed by atoms with Gasteiger partial charge in [0, 0.05) is 6.42 Å². The second kappa shape index (κ2) is 8.48. The number of hydrogen-bond acceptors (Lipinski definition) is 5. The van der Waals surface area contributed by atoms with Gasteiger partial charge in [0.2, 0.25) is 5.16 Å². The monoisotopic (exact) mass is 352 g/mol. The van der Waals surface area contributed by atoms with E-state index in [2.05, 4.69) is 27.4 Å². The van der Waals surface area contributed by atoms with Crippen LogP contribution >= 0.6 is 11.8 Å². The van der Waals surface area contributed by atoms with Gasteiger partial charge in [-0.15, -0.1) is 10.2 Å².